The topological polar surface area (TPSA) is 76.2 Å². The fraction of sp³-hybridized carbons (Fsp3) is 0.385. The van der Waals surface area contributed by atoms with Crippen molar-refractivity contribution >= 4 is 27.5 Å². The smallest absolute Gasteiger partial charge is 0.312 e. The number of carboxylic acid groups (broad SMARTS) is 1. The molecule has 0 aliphatic heterocycles. The SMILES string of the molecule is CC(C)c1nc2ccc(C(CN)C(=O)O)cc2s1. The average molecular weight is 264 g/mol. The summed E-state index contributed by atoms with van der Waals surface area (Å²) in [5.41, 5.74) is 7.18. The lowest BCUT2D eigenvalue weighted by atomic mass is 9.99. The summed E-state index contributed by atoms with van der Waals surface area (Å²) in [5, 5.41) is 10.2. The molecule has 5 heteroatoms. The van der Waals surface area contributed by atoms with Crippen LogP contribution in [0.1, 0.15) is 36.3 Å². The zero-order chi connectivity index (χ0) is 13.3. The molecular weight excluding hydrogens is 248 g/mol. The molecule has 2 rings (SSSR count). The molecule has 0 aliphatic rings. The molecule has 3 N–H and O–H groups in total. The van der Waals surface area contributed by atoms with Crippen molar-refractivity contribution < 1.29 is 9.90 Å². The summed E-state index contributed by atoms with van der Waals surface area (Å²) in [6.45, 7) is 4.30. The van der Waals surface area contributed by atoms with E-state index < -0.39 is 11.9 Å². The van der Waals surface area contributed by atoms with Gasteiger partial charge in [-0.25, -0.2) is 4.98 Å². The van der Waals surface area contributed by atoms with Gasteiger partial charge in [0.1, 0.15) is 0 Å². The quantitative estimate of drug-likeness (QED) is 0.889. The first-order valence-corrected chi connectivity index (χ1v) is 6.67. The first-order chi connectivity index (χ1) is 8.52. The van der Waals surface area contributed by atoms with E-state index in [0.29, 0.717) is 5.92 Å². The van der Waals surface area contributed by atoms with Crippen molar-refractivity contribution in [1.82, 2.24) is 4.98 Å². The zero-order valence-corrected chi connectivity index (χ0v) is 11.2. The summed E-state index contributed by atoms with van der Waals surface area (Å²) in [6.07, 6.45) is 0. The molecule has 96 valence electrons. The number of benzene rings is 1. The van der Waals surface area contributed by atoms with Gasteiger partial charge in [-0.15, -0.1) is 11.3 Å². The van der Waals surface area contributed by atoms with Gasteiger partial charge in [-0.2, -0.15) is 0 Å². The molecule has 4 nitrogen and oxygen atoms in total. The average Bonchev–Trinajstić information content (AvgIpc) is 2.72. The Kier molecular flexibility index (Phi) is 3.63. The van der Waals surface area contributed by atoms with Crippen molar-refractivity contribution in [3.05, 3.63) is 28.8 Å². The van der Waals surface area contributed by atoms with Crippen LogP contribution in [0.5, 0.6) is 0 Å². The third kappa shape index (κ3) is 2.37. The van der Waals surface area contributed by atoms with Crippen LogP contribution >= 0.6 is 11.3 Å². The molecule has 0 saturated carbocycles. The Morgan fingerprint density at radius 3 is 2.78 bits per heavy atom. The number of carboxylic acids is 1. The van der Waals surface area contributed by atoms with E-state index in [1.165, 1.54) is 0 Å². The number of hydrogen-bond acceptors (Lipinski definition) is 4. The van der Waals surface area contributed by atoms with E-state index in [4.69, 9.17) is 10.8 Å². The minimum atomic E-state index is -0.884. The fourth-order valence-corrected chi connectivity index (χ4v) is 2.82. The lowest BCUT2D eigenvalue weighted by molar-refractivity contribution is -0.138. The van der Waals surface area contributed by atoms with Crippen molar-refractivity contribution in [2.45, 2.75) is 25.7 Å². The zero-order valence-electron chi connectivity index (χ0n) is 10.4. The Hall–Kier alpha value is -1.46. The van der Waals surface area contributed by atoms with Gasteiger partial charge in [0.15, 0.2) is 0 Å². The summed E-state index contributed by atoms with van der Waals surface area (Å²) in [6, 6.07) is 5.57. The Labute approximate surface area is 109 Å². The molecule has 0 radical (unpaired) electrons. The maximum atomic E-state index is 11.1. The van der Waals surface area contributed by atoms with E-state index in [1.54, 1.807) is 17.4 Å². The largest absolute Gasteiger partial charge is 0.481 e. The van der Waals surface area contributed by atoms with E-state index >= 15 is 0 Å². The summed E-state index contributed by atoms with van der Waals surface area (Å²) < 4.78 is 1.02. The third-order valence-electron chi connectivity index (χ3n) is 2.86. The number of carbonyl (C=O) groups is 1. The number of aromatic nitrogens is 1. The van der Waals surface area contributed by atoms with Crippen LogP contribution in [0.25, 0.3) is 10.2 Å². The Bertz CT molecular complexity index is 577. The number of fused-ring (bicyclic) bond motifs is 1. The van der Waals surface area contributed by atoms with Gasteiger partial charge >= 0.3 is 5.97 Å². The molecule has 0 fully saturated rings. The van der Waals surface area contributed by atoms with Crippen LogP contribution in [0.3, 0.4) is 0 Å². The highest BCUT2D eigenvalue weighted by molar-refractivity contribution is 7.18. The molecule has 1 aromatic carbocycles. The van der Waals surface area contributed by atoms with Gasteiger partial charge in [-0.3, -0.25) is 4.79 Å². The highest BCUT2D eigenvalue weighted by atomic mass is 32.1. The molecule has 1 aromatic heterocycles. The summed E-state index contributed by atoms with van der Waals surface area (Å²) in [5.74, 6) is -1.14. The van der Waals surface area contributed by atoms with E-state index in [0.717, 1.165) is 20.8 Å². The number of nitrogens with two attached hydrogens (primary N) is 1. The van der Waals surface area contributed by atoms with Crippen LogP contribution in [-0.4, -0.2) is 22.6 Å². The molecule has 18 heavy (non-hydrogen) atoms. The van der Waals surface area contributed by atoms with Crippen LogP contribution in [0.4, 0.5) is 0 Å². The first kappa shape index (κ1) is 13.0. The van der Waals surface area contributed by atoms with Gasteiger partial charge < -0.3 is 10.8 Å². The molecule has 1 unspecified atom stereocenters. The number of aliphatic carboxylic acids is 1. The van der Waals surface area contributed by atoms with Crippen molar-refractivity contribution in [3.8, 4) is 0 Å². The van der Waals surface area contributed by atoms with E-state index in [-0.39, 0.29) is 6.54 Å². The maximum absolute atomic E-state index is 11.1. The second-order valence-electron chi connectivity index (χ2n) is 4.56. The minimum absolute atomic E-state index is 0.108. The van der Waals surface area contributed by atoms with Gasteiger partial charge in [-0.05, 0) is 17.7 Å². The van der Waals surface area contributed by atoms with E-state index in [1.807, 2.05) is 12.1 Å². The highest BCUT2D eigenvalue weighted by Gasteiger charge is 2.19. The lowest BCUT2D eigenvalue weighted by Crippen LogP contribution is -2.20. The number of hydrogen-bond donors (Lipinski definition) is 2. The van der Waals surface area contributed by atoms with Crippen molar-refractivity contribution in [1.29, 1.82) is 0 Å². The molecule has 0 amide bonds. The molecule has 2 aromatic rings. The Morgan fingerprint density at radius 2 is 2.22 bits per heavy atom. The van der Waals surface area contributed by atoms with Crippen LogP contribution in [0.2, 0.25) is 0 Å². The summed E-state index contributed by atoms with van der Waals surface area (Å²) in [4.78, 5) is 15.6. The van der Waals surface area contributed by atoms with Crippen LogP contribution in [0.15, 0.2) is 18.2 Å². The molecule has 1 heterocycles. The molecular formula is C13H16N2O2S. The second kappa shape index (κ2) is 5.04. The monoisotopic (exact) mass is 264 g/mol. The molecule has 1 atom stereocenters. The predicted octanol–water partition coefficient (Wildman–Crippen LogP) is 2.55. The van der Waals surface area contributed by atoms with Gasteiger partial charge in [0.2, 0.25) is 0 Å². The van der Waals surface area contributed by atoms with Gasteiger partial charge in [-0.1, -0.05) is 19.9 Å². The lowest BCUT2D eigenvalue weighted by Gasteiger charge is -2.09. The van der Waals surface area contributed by atoms with Gasteiger partial charge in [0, 0.05) is 12.5 Å². The summed E-state index contributed by atoms with van der Waals surface area (Å²) in [7, 11) is 0. The number of rotatable bonds is 4. The second-order valence-corrected chi connectivity index (χ2v) is 5.62. The Balaban J connectivity index is 2.46. The first-order valence-electron chi connectivity index (χ1n) is 5.86. The fourth-order valence-electron chi connectivity index (χ4n) is 1.80. The molecule has 0 saturated heterocycles. The maximum Gasteiger partial charge on any atom is 0.312 e. The summed E-state index contributed by atoms with van der Waals surface area (Å²) >= 11 is 1.61. The molecule has 0 aliphatic carbocycles. The molecule has 0 bridgehead atoms. The van der Waals surface area contributed by atoms with Crippen molar-refractivity contribution in [2.75, 3.05) is 6.54 Å². The van der Waals surface area contributed by atoms with Crippen LogP contribution < -0.4 is 5.73 Å². The van der Waals surface area contributed by atoms with Crippen LogP contribution in [0, 0.1) is 0 Å². The van der Waals surface area contributed by atoms with Crippen molar-refractivity contribution in [3.63, 3.8) is 0 Å². The van der Waals surface area contributed by atoms with Crippen molar-refractivity contribution in [2.24, 2.45) is 5.73 Å². The number of nitrogens with zero attached hydrogens (tertiary/aromatic N) is 1. The van der Waals surface area contributed by atoms with E-state index in [9.17, 15) is 4.79 Å². The minimum Gasteiger partial charge on any atom is -0.481 e. The van der Waals surface area contributed by atoms with Gasteiger partial charge in [0.25, 0.3) is 0 Å². The molecule has 0 spiro atoms. The van der Waals surface area contributed by atoms with Gasteiger partial charge in [0.05, 0.1) is 21.1 Å². The Morgan fingerprint density at radius 1 is 1.50 bits per heavy atom. The third-order valence-corrected chi connectivity index (χ3v) is 4.18. The number of thiazole rings is 1. The van der Waals surface area contributed by atoms with E-state index in [2.05, 4.69) is 18.8 Å². The van der Waals surface area contributed by atoms with Crippen LogP contribution in [-0.2, 0) is 4.79 Å². The highest BCUT2D eigenvalue weighted by Crippen LogP contribution is 2.29. The normalized spacial score (nSPS) is 13.1. The predicted molar refractivity (Wildman–Crippen MR) is 73.1 cm³/mol. The standard InChI is InChI=1S/C13H16N2O2S/c1-7(2)12-15-10-4-3-8(5-11(10)18-12)9(6-14)13(16)17/h3-5,7,9H,6,14H2,1-2H3,(H,16,17).